The Labute approximate surface area is 217 Å². The summed E-state index contributed by atoms with van der Waals surface area (Å²) >= 11 is 0. The topological polar surface area (TPSA) is 55.1 Å². The van der Waals surface area contributed by atoms with Crippen LogP contribution in [-0.4, -0.2) is 61.2 Å². The van der Waals surface area contributed by atoms with Crippen molar-refractivity contribution in [2.75, 3.05) is 39.5 Å². The van der Waals surface area contributed by atoms with Crippen LogP contribution in [0.15, 0.2) is 34.7 Å². The van der Waals surface area contributed by atoms with Gasteiger partial charge in [0.2, 0.25) is 0 Å². The molecule has 0 aromatic carbocycles. The average Bonchev–Trinajstić information content (AvgIpc) is 3.62. The zero-order valence-electron chi connectivity index (χ0n) is 22.6. The molecule has 4 aliphatic carbocycles. The summed E-state index contributed by atoms with van der Waals surface area (Å²) in [6, 6.07) is 2.12. The second kappa shape index (κ2) is 9.87. The molecule has 0 bridgehead atoms. The number of rotatable bonds is 8. The van der Waals surface area contributed by atoms with Gasteiger partial charge in [0.15, 0.2) is 0 Å². The molecule has 7 atom stereocenters. The standard InChI is InChI=1S/C31H47NO4/c1-29-11-7-25(36-20-19-34-18-16-32-14-3-4-15-32)21-24(29)5-6-28-27(29)8-12-30(2)26(9-13-31(28,30)33)23-10-17-35-22-23/h5,10,17,22,25-28,33H,3-4,6-9,11-16,18-21H2,1-2H3/t25-,26-,27-,28+,29-,30+,31-/m0/s1. The van der Waals surface area contributed by atoms with E-state index < -0.39 is 5.60 Å². The first kappa shape index (κ1) is 25.2. The van der Waals surface area contributed by atoms with Gasteiger partial charge in [-0.05, 0) is 112 Å². The Morgan fingerprint density at radius 2 is 1.89 bits per heavy atom. The summed E-state index contributed by atoms with van der Waals surface area (Å²) in [5, 5.41) is 12.3. The van der Waals surface area contributed by atoms with Crippen LogP contribution in [0.2, 0.25) is 0 Å². The highest BCUT2D eigenvalue weighted by Crippen LogP contribution is 2.69. The Bertz CT molecular complexity index is 923. The summed E-state index contributed by atoms with van der Waals surface area (Å²) in [7, 11) is 0. The van der Waals surface area contributed by atoms with Crippen molar-refractivity contribution in [2.24, 2.45) is 22.7 Å². The summed E-state index contributed by atoms with van der Waals surface area (Å²) in [5.41, 5.74) is 2.45. The maximum Gasteiger partial charge on any atom is 0.0937 e. The maximum absolute atomic E-state index is 12.3. The molecule has 5 aliphatic rings. The first-order valence-corrected chi connectivity index (χ1v) is 14.8. The summed E-state index contributed by atoms with van der Waals surface area (Å²) in [5.74, 6) is 1.35. The number of fused-ring (bicyclic) bond motifs is 5. The van der Waals surface area contributed by atoms with Crippen LogP contribution in [0, 0.1) is 22.7 Å². The normalized spacial score (nSPS) is 42.6. The Balaban J connectivity index is 1.06. The highest BCUT2D eigenvalue weighted by Gasteiger charge is 2.66. The summed E-state index contributed by atoms with van der Waals surface area (Å²) in [4.78, 5) is 2.50. The number of likely N-dealkylation sites (tertiary alicyclic amines) is 1. The van der Waals surface area contributed by atoms with E-state index in [0.717, 1.165) is 51.7 Å². The minimum absolute atomic E-state index is 0.0607. The predicted octanol–water partition coefficient (Wildman–Crippen LogP) is 5.94. The number of ether oxygens (including phenoxy) is 2. The molecule has 36 heavy (non-hydrogen) atoms. The SMILES string of the molecule is C[C@]12CC[C@H](OCCOCCN3CCCC3)CC1=CC[C@@H]1[C@@H]2CC[C@]2(C)[C@H](c3ccoc3)CC[C@]12O. The number of allylic oxidation sites excluding steroid dienone is 1. The van der Waals surface area contributed by atoms with Crippen molar-refractivity contribution in [3.05, 3.63) is 35.8 Å². The highest BCUT2D eigenvalue weighted by molar-refractivity contribution is 5.31. The molecule has 2 heterocycles. The third-order valence-electron chi connectivity index (χ3n) is 11.5. The molecule has 1 N–H and O–H groups in total. The smallest absolute Gasteiger partial charge is 0.0937 e. The number of aliphatic hydroxyl groups is 1. The van der Waals surface area contributed by atoms with Crippen molar-refractivity contribution in [3.63, 3.8) is 0 Å². The number of hydrogen-bond donors (Lipinski definition) is 1. The van der Waals surface area contributed by atoms with E-state index in [1.165, 1.54) is 44.3 Å². The molecule has 0 radical (unpaired) electrons. The monoisotopic (exact) mass is 497 g/mol. The molecular formula is C31H47NO4. The molecule has 3 saturated carbocycles. The third-order valence-corrected chi connectivity index (χ3v) is 11.5. The van der Waals surface area contributed by atoms with Gasteiger partial charge >= 0.3 is 0 Å². The van der Waals surface area contributed by atoms with Gasteiger partial charge in [0.1, 0.15) is 0 Å². The van der Waals surface area contributed by atoms with Gasteiger partial charge in [0, 0.05) is 12.0 Å². The molecule has 5 nitrogen and oxygen atoms in total. The Kier molecular flexibility index (Phi) is 6.90. The molecule has 4 fully saturated rings. The lowest BCUT2D eigenvalue weighted by Gasteiger charge is -2.61. The molecule has 1 aliphatic heterocycles. The van der Waals surface area contributed by atoms with Crippen LogP contribution in [0.3, 0.4) is 0 Å². The van der Waals surface area contributed by atoms with E-state index in [2.05, 4.69) is 30.9 Å². The lowest BCUT2D eigenvalue weighted by atomic mass is 9.45. The van der Waals surface area contributed by atoms with Crippen molar-refractivity contribution < 1.29 is 19.0 Å². The third kappa shape index (κ3) is 4.13. The molecular weight excluding hydrogens is 450 g/mol. The average molecular weight is 498 g/mol. The molecule has 0 unspecified atom stereocenters. The Morgan fingerprint density at radius 1 is 1.03 bits per heavy atom. The minimum atomic E-state index is -0.581. The second-order valence-corrected chi connectivity index (χ2v) is 13.0. The fraction of sp³-hybridized carbons (Fsp3) is 0.806. The number of furan rings is 1. The van der Waals surface area contributed by atoms with E-state index >= 15 is 0 Å². The summed E-state index contributed by atoms with van der Waals surface area (Å²) < 4.78 is 17.6. The first-order chi connectivity index (χ1) is 17.4. The van der Waals surface area contributed by atoms with Crippen LogP contribution in [0.5, 0.6) is 0 Å². The van der Waals surface area contributed by atoms with Crippen LogP contribution in [0.4, 0.5) is 0 Å². The van der Waals surface area contributed by atoms with Gasteiger partial charge in [-0.15, -0.1) is 0 Å². The van der Waals surface area contributed by atoms with Gasteiger partial charge in [-0.2, -0.15) is 0 Å². The lowest BCUT2D eigenvalue weighted by molar-refractivity contribution is -0.173. The van der Waals surface area contributed by atoms with E-state index in [4.69, 9.17) is 13.9 Å². The molecule has 5 heteroatoms. The minimum Gasteiger partial charge on any atom is -0.472 e. The van der Waals surface area contributed by atoms with Crippen molar-refractivity contribution in [2.45, 2.75) is 95.7 Å². The van der Waals surface area contributed by atoms with E-state index in [1.54, 1.807) is 11.8 Å². The zero-order valence-corrected chi connectivity index (χ0v) is 22.6. The largest absolute Gasteiger partial charge is 0.472 e. The summed E-state index contributed by atoms with van der Waals surface area (Å²) in [6.45, 7) is 10.6. The molecule has 1 saturated heterocycles. The van der Waals surface area contributed by atoms with Crippen LogP contribution in [0.25, 0.3) is 0 Å². The highest BCUT2D eigenvalue weighted by atomic mass is 16.5. The molecule has 0 spiro atoms. The molecule has 6 rings (SSSR count). The molecule has 1 aromatic heterocycles. The van der Waals surface area contributed by atoms with Gasteiger partial charge < -0.3 is 23.9 Å². The van der Waals surface area contributed by atoms with Gasteiger partial charge in [-0.3, -0.25) is 0 Å². The Morgan fingerprint density at radius 3 is 2.69 bits per heavy atom. The second-order valence-electron chi connectivity index (χ2n) is 13.0. The van der Waals surface area contributed by atoms with Gasteiger partial charge in [0.25, 0.3) is 0 Å². The van der Waals surface area contributed by atoms with Gasteiger partial charge in [0.05, 0.1) is 44.1 Å². The van der Waals surface area contributed by atoms with Crippen LogP contribution >= 0.6 is 0 Å². The van der Waals surface area contributed by atoms with Gasteiger partial charge in [-0.1, -0.05) is 25.5 Å². The number of nitrogens with zero attached hydrogens (tertiary/aromatic N) is 1. The fourth-order valence-electron chi connectivity index (χ4n) is 9.32. The van der Waals surface area contributed by atoms with Crippen molar-refractivity contribution in [1.82, 2.24) is 4.90 Å². The molecule has 1 aromatic rings. The Hall–Kier alpha value is -1.14. The van der Waals surface area contributed by atoms with Crippen molar-refractivity contribution in [1.29, 1.82) is 0 Å². The van der Waals surface area contributed by atoms with Crippen LogP contribution in [0.1, 0.15) is 89.5 Å². The van der Waals surface area contributed by atoms with Crippen LogP contribution in [-0.2, 0) is 9.47 Å². The zero-order chi connectivity index (χ0) is 24.8. The quantitative estimate of drug-likeness (QED) is 0.356. The van der Waals surface area contributed by atoms with Crippen molar-refractivity contribution >= 4 is 0 Å². The first-order valence-electron chi connectivity index (χ1n) is 14.8. The maximum atomic E-state index is 12.3. The van der Waals surface area contributed by atoms with Crippen LogP contribution < -0.4 is 0 Å². The molecule has 0 amide bonds. The van der Waals surface area contributed by atoms with E-state index in [9.17, 15) is 5.11 Å². The van der Waals surface area contributed by atoms with E-state index in [0.29, 0.717) is 37.1 Å². The lowest BCUT2D eigenvalue weighted by Crippen LogP contribution is -2.60. The molecule has 200 valence electrons. The summed E-state index contributed by atoms with van der Waals surface area (Å²) in [6.07, 6.45) is 17.9. The number of hydrogen-bond acceptors (Lipinski definition) is 5. The van der Waals surface area contributed by atoms with E-state index in [1.807, 2.05) is 6.26 Å². The fourth-order valence-corrected chi connectivity index (χ4v) is 9.32. The van der Waals surface area contributed by atoms with E-state index in [-0.39, 0.29) is 10.8 Å². The predicted molar refractivity (Wildman–Crippen MR) is 141 cm³/mol. The van der Waals surface area contributed by atoms with Crippen molar-refractivity contribution in [3.8, 4) is 0 Å². The van der Waals surface area contributed by atoms with Gasteiger partial charge in [-0.25, -0.2) is 0 Å².